The van der Waals surface area contributed by atoms with Gasteiger partial charge >= 0.3 is 0 Å². The normalized spacial score (nSPS) is 14.2. The summed E-state index contributed by atoms with van der Waals surface area (Å²) < 4.78 is 5.29. The predicted octanol–water partition coefficient (Wildman–Crippen LogP) is 1.38. The molecule has 1 unspecified atom stereocenters. The van der Waals surface area contributed by atoms with E-state index in [1.807, 2.05) is 6.92 Å². The molecule has 1 aromatic rings. The van der Waals surface area contributed by atoms with Gasteiger partial charge in [-0.15, -0.1) is 0 Å². The van der Waals surface area contributed by atoms with E-state index in [2.05, 4.69) is 0 Å². The quantitative estimate of drug-likeness (QED) is 0.792. The highest BCUT2D eigenvalue weighted by Gasteiger charge is 2.10. The van der Waals surface area contributed by atoms with Gasteiger partial charge in [-0.25, -0.2) is 0 Å². The Labute approximate surface area is 95.0 Å². The van der Waals surface area contributed by atoms with Crippen LogP contribution in [0.1, 0.15) is 31.9 Å². The lowest BCUT2D eigenvalue weighted by molar-refractivity contribution is -0.123. The molecule has 0 heterocycles. The van der Waals surface area contributed by atoms with Crippen molar-refractivity contribution < 1.29 is 14.6 Å². The number of aliphatic hydroxyl groups is 1. The minimum absolute atomic E-state index is 0.456. The van der Waals surface area contributed by atoms with Gasteiger partial charge < -0.3 is 15.6 Å². The standard InChI is InChI=1S/C12H17NO3/c1-3-11(14)9-4-6-10(7-5-9)16-8(2)12(13)15/h4-8,11,14H,3H2,1-2H3,(H2,13,15)/t8?,11-/m1/s1. The summed E-state index contributed by atoms with van der Waals surface area (Å²) in [5.74, 6) is 0.0658. The highest BCUT2D eigenvalue weighted by atomic mass is 16.5. The number of hydrogen-bond donors (Lipinski definition) is 2. The molecule has 1 amide bonds. The van der Waals surface area contributed by atoms with E-state index < -0.39 is 18.1 Å². The van der Waals surface area contributed by atoms with Gasteiger partial charge in [-0.1, -0.05) is 19.1 Å². The Kier molecular flexibility index (Phi) is 4.31. The maximum absolute atomic E-state index is 10.8. The van der Waals surface area contributed by atoms with Gasteiger partial charge in [0.25, 0.3) is 5.91 Å². The molecule has 0 aliphatic carbocycles. The number of hydrogen-bond acceptors (Lipinski definition) is 3. The van der Waals surface area contributed by atoms with E-state index in [1.165, 1.54) is 0 Å². The van der Waals surface area contributed by atoms with Crippen LogP contribution in [0.4, 0.5) is 0 Å². The smallest absolute Gasteiger partial charge is 0.258 e. The Morgan fingerprint density at radius 1 is 1.44 bits per heavy atom. The van der Waals surface area contributed by atoms with E-state index >= 15 is 0 Å². The van der Waals surface area contributed by atoms with Crippen LogP contribution in [0, 0.1) is 0 Å². The summed E-state index contributed by atoms with van der Waals surface area (Å²) in [6.07, 6.45) is -0.442. The van der Waals surface area contributed by atoms with Crippen LogP contribution in [0.2, 0.25) is 0 Å². The average molecular weight is 223 g/mol. The summed E-state index contributed by atoms with van der Waals surface area (Å²) in [7, 11) is 0. The molecule has 0 bridgehead atoms. The largest absolute Gasteiger partial charge is 0.481 e. The van der Waals surface area contributed by atoms with Crippen molar-refractivity contribution in [3.63, 3.8) is 0 Å². The van der Waals surface area contributed by atoms with Gasteiger partial charge in [-0.3, -0.25) is 4.79 Å². The monoisotopic (exact) mass is 223 g/mol. The number of ether oxygens (including phenoxy) is 1. The van der Waals surface area contributed by atoms with Crippen LogP contribution in [0.3, 0.4) is 0 Å². The third-order valence-electron chi connectivity index (χ3n) is 2.37. The third-order valence-corrected chi connectivity index (χ3v) is 2.37. The van der Waals surface area contributed by atoms with Gasteiger partial charge in [0.15, 0.2) is 6.10 Å². The van der Waals surface area contributed by atoms with Crippen LogP contribution in [0.5, 0.6) is 5.75 Å². The minimum atomic E-state index is -0.651. The van der Waals surface area contributed by atoms with Crippen molar-refractivity contribution in [2.24, 2.45) is 5.73 Å². The summed E-state index contributed by atoms with van der Waals surface area (Å²) in [4.78, 5) is 10.8. The van der Waals surface area contributed by atoms with Crippen LogP contribution in [0.15, 0.2) is 24.3 Å². The van der Waals surface area contributed by atoms with Gasteiger partial charge in [0.2, 0.25) is 0 Å². The number of benzene rings is 1. The maximum atomic E-state index is 10.8. The zero-order valence-electron chi connectivity index (χ0n) is 9.51. The summed E-state index contributed by atoms with van der Waals surface area (Å²) in [6.45, 7) is 3.50. The molecule has 88 valence electrons. The van der Waals surface area contributed by atoms with Crippen LogP contribution in [-0.4, -0.2) is 17.1 Å². The number of carbonyl (C=O) groups is 1. The number of amides is 1. The highest BCUT2D eigenvalue weighted by molar-refractivity contribution is 5.78. The molecule has 3 N–H and O–H groups in total. The first kappa shape index (κ1) is 12.5. The Balaban J connectivity index is 2.68. The van der Waals surface area contributed by atoms with Crippen molar-refractivity contribution in [3.8, 4) is 5.75 Å². The van der Waals surface area contributed by atoms with Crippen molar-refractivity contribution in [2.75, 3.05) is 0 Å². The van der Waals surface area contributed by atoms with E-state index in [4.69, 9.17) is 10.5 Å². The fourth-order valence-corrected chi connectivity index (χ4v) is 1.27. The third kappa shape index (κ3) is 3.24. The van der Waals surface area contributed by atoms with Gasteiger partial charge in [0, 0.05) is 0 Å². The molecule has 0 aliphatic heterocycles. The lowest BCUT2D eigenvalue weighted by atomic mass is 10.1. The van der Waals surface area contributed by atoms with E-state index in [0.717, 1.165) is 5.56 Å². The molecule has 0 radical (unpaired) electrons. The fraction of sp³-hybridized carbons (Fsp3) is 0.417. The molecule has 0 saturated carbocycles. The zero-order chi connectivity index (χ0) is 12.1. The van der Waals surface area contributed by atoms with E-state index in [1.54, 1.807) is 31.2 Å². The molecule has 0 aromatic heterocycles. The first-order valence-corrected chi connectivity index (χ1v) is 5.28. The van der Waals surface area contributed by atoms with Crippen LogP contribution < -0.4 is 10.5 Å². The number of carbonyl (C=O) groups excluding carboxylic acids is 1. The second-order valence-corrected chi connectivity index (χ2v) is 3.66. The second-order valence-electron chi connectivity index (χ2n) is 3.66. The van der Waals surface area contributed by atoms with Gasteiger partial charge in [-0.05, 0) is 31.0 Å². The van der Waals surface area contributed by atoms with Crippen molar-refractivity contribution in [1.29, 1.82) is 0 Å². The Morgan fingerprint density at radius 2 is 2.00 bits per heavy atom. The SMILES string of the molecule is CC[C@@H](O)c1ccc(OC(C)C(N)=O)cc1. The van der Waals surface area contributed by atoms with Crippen LogP contribution in [-0.2, 0) is 4.79 Å². The molecule has 0 aliphatic rings. The lowest BCUT2D eigenvalue weighted by Gasteiger charge is -2.12. The van der Waals surface area contributed by atoms with Crippen molar-refractivity contribution in [2.45, 2.75) is 32.5 Å². The number of aliphatic hydroxyl groups excluding tert-OH is 1. The molecule has 1 rings (SSSR count). The lowest BCUT2D eigenvalue weighted by Crippen LogP contribution is -2.30. The Hall–Kier alpha value is -1.55. The minimum Gasteiger partial charge on any atom is -0.481 e. The zero-order valence-corrected chi connectivity index (χ0v) is 9.51. The number of rotatable bonds is 5. The first-order valence-electron chi connectivity index (χ1n) is 5.28. The van der Waals surface area contributed by atoms with E-state index in [-0.39, 0.29) is 0 Å². The molecule has 1 aromatic carbocycles. The summed E-state index contributed by atoms with van der Waals surface area (Å²) in [5, 5.41) is 9.58. The average Bonchev–Trinajstić information content (AvgIpc) is 2.28. The van der Waals surface area contributed by atoms with Gasteiger partial charge in [0.05, 0.1) is 6.10 Å². The molecule has 0 fully saturated rings. The molecule has 2 atom stereocenters. The van der Waals surface area contributed by atoms with Crippen LogP contribution in [0.25, 0.3) is 0 Å². The van der Waals surface area contributed by atoms with Crippen molar-refractivity contribution in [1.82, 2.24) is 0 Å². The van der Waals surface area contributed by atoms with Gasteiger partial charge in [-0.2, -0.15) is 0 Å². The summed E-state index contributed by atoms with van der Waals surface area (Å²) in [5.41, 5.74) is 5.91. The highest BCUT2D eigenvalue weighted by Crippen LogP contribution is 2.20. The second kappa shape index (κ2) is 5.51. The van der Waals surface area contributed by atoms with E-state index in [0.29, 0.717) is 12.2 Å². The van der Waals surface area contributed by atoms with Crippen molar-refractivity contribution >= 4 is 5.91 Å². The van der Waals surface area contributed by atoms with Crippen molar-refractivity contribution in [3.05, 3.63) is 29.8 Å². The number of nitrogens with two attached hydrogens (primary N) is 1. The molecule has 0 spiro atoms. The molecule has 4 nitrogen and oxygen atoms in total. The fourth-order valence-electron chi connectivity index (χ4n) is 1.27. The maximum Gasteiger partial charge on any atom is 0.258 e. The number of primary amides is 1. The Morgan fingerprint density at radius 3 is 2.44 bits per heavy atom. The summed E-state index contributed by atoms with van der Waals surface area (Å²) in [6, 6.07) is 6.98. The Bertz CT molecular complexity index is 348. The summed E-state index contributed by atoms with van der Waals surface area (Å²) >= 11 is 0. The van der Waals surface area contributed by atoms with Gasteiger partial charge in [0.1, 0.15) is 5.75 Å². The topological polar surface area (TPSA) is 72.6 Å². The molecule has 16 heavy (non-hydrogen) atoms. The molecular weight excluding hydrogens is 206 g/mol. The molecular formula is C12H17NO3. The molecule has 0 saturated heterocycles. The predicted molar refractivity (Wildman–Crippen MR) is 61.0 cm³/mol. The van der Waals surface area contributed by atoms with E-state index in [9.17, 15) is 9.90 Å². The molecule has 4 heteroatoms. The first-order chi connectivity index (χ1) is 7.54. The van der Waals surface area contributed by atoms with Crippen LogP contribution >= 0.6 is 0 Å².